The Hall–Kier alpha value is -2.04. The van der Waals surface area contributed by atoms with Crippen LogP contribution in [0.15, 0.2) is 18.2 Å². The van der Waals surface area contributed by atoms with Gasteiger partial charge in [0.15, 0.2) is 12.2 Å². The second-order valence-electron chi connectivity index (χ2n) is 4.02. The topological polar surface area (TPSA) is 61.8 Å². The van der Waals surface area contributed by atoms with Crippen molar-refractivity contribution in [2.24, 2.45) is 0 Å². The Bertz CT molecular complexity index is 494. The predicted molar refractivity (Wildman–Crippen MR) is 62.0 cm³/mol. The summed E-state index contributed by atoms with van der Waals surface area (Å²) >= 11 is 0. The molecule has 2 rings (SSSR count). The van der Waals surface area contributed by atoms with Crippen molar-refractivity contribution in [2.45, 2.75) is 26.1 Å². The van der Waals surface area contributed by atoms with E-state index in [-0.39, 0.29) is 0 Å². The summed E-state index contributed by atoms with van der Waals surface area (Å²) in [4.78, 5) is 22.1. The molecular formula is C13H14O5. The Balaban J connectivity index is 2.35. The van der Waals surface area contributed by atoms with Gasteiger partial charge >= 0.3 is 11.9 Å². The average molecular weight is 250 g/mol. The first-order valence-electron chi connectivity index (χ1n) is 5.55. The predicted octanol–water partition coefficient (Wildman–Crippen LogP) is 1.92. The van der Waals surface area contributed by atoms with E-state index in [2.05, 4.69) is 0 Å². The highest BCUT2D eigenvalue weighted by Gasteiger charge is 2.45. The van der Waals surface area contributed by atoms with Crippen LogP contribution in [0.1, 0.15) is 37.2 Å². The highest BCUT2D eigenvalue weighted by atomic mass is 16.6. The standard InChI is InChI=1S/C13H14O5/c1-7(14)17-12-9-5-4-6-10(16-3)11(9)13(12)18-8(2)15/h4-6,12-13H,1-3H3/t12-,13-/m0/s1. The van der Waals surface area contributed by atoms with Crippen LogP contribution in [0.25, 0.3) is 0 Å². The quantitative estimate of drug-likeness (QED) is 0.767. The molecular weight excluding hydrogens is 236 g/mol. The molecule has 2 atom stereocenters. The van der Waals surface area contributed by atoms with Crippen molar-refractivity contribution >= 4 is 11.9 Å². The van der Waals surface area contributed by atoms with Gasteiger partial charge in [-0.05, 0) is 6.07 Å². The molecule has 0 heterocycles. The van der Waals surface area contributed by atoms with E-state index in [9.17, 15) is 9.59 Å². The number of esters is 2. The number of fused-ring (bicyclic) bond motifs is 1. The first-order chi connectivity index (χ1) is 8.54. The lowest BCUT2D eigenvalue weighted by atomic mass is 9.81. The number of hydrogen-bond donors (Lipinski definition) is 0. The molecule has 1 aliphatic rings. The van der Waals surface area contributed by atoms with Crippen molar-refractivity contribution in [2.75, 3.05) is 7.11 Å². The highest BCUT2D eigenvalue weighted by Crippen LogP contribution is 2.52. The van der Waals surface area contributed by atoms with E-state index in [0.29, 0.717) is 5.75 Å². The third-order valence-electron chi connectivity index (χ3n) is 2.77. The van der Waals surface area contributed by atoms with Gasteiger partial charge in [0.1, 0.15) is 5.75 Å². The summed E-state index contributed by atoms with van der Waals surface area (Å²) in [6.07, 6.45) is -1.13. The minimum absolute atomic E-state index is 0.411. The van der Waals surface area contributed by atoms with Crippen LogP contribution in [0.4, 0.5) is 0 Å². The van der Waals surface area contributed by atoms with Crippen LogP contribution in [0.5, 0.6) is 5.75 Å². The normalized spacial score (nSPS) is 20.4. The molecule has 0 fully saturated rings. The van der Waals surface area contributed by atoms with Crippen LogP contribution in [-0.2, 0) is 19.1 Å². The zero-order valence-corrected chi connectivity index (χ0v) is 10.4. The first-order valence-corrected chi connectivity index (χ1v) is 5.55. The molecule has 0 aliphatic heterocycles. The summed E-state index contributed by atoms with van der Waals surface area (Å²) in [5.74, 6) is -0.207. The number of hydrogen-bond acceptors (Lipinski definition) is 5. The maximum absolute atomic E-state index is 11.1. The number of ether oxygens (including phenoxy) is 3. The third kappa shape index (κ3) is 2.03. The lowest BCUT2D eigenvalue weighted by molar-refractivity contribution is -0.172. The number of rotatable bonds is 3. The summed E-state index contributed by atoms with van der Waals surface area (Å²) in [5, 5.41) is 0. The second kappa shape index (κ2) is 4.68. The van der Waals surface area contributed by atoms with Crippen molar-refractivity contribution in [3.8, 4) is 5.75 Å². The van der Waals surface area contributed by atoms with Crippen LogP contribution in [-0.4, -0.2) is 19.0 Å². The Morgan fingerprint density at radius 1 is 1.06 bits per heavy atom. The molecule has 18 heavy (non-hydrogen) atoms. The SMILES string of the molecule is COc1cccc2c1[C@H](OC(C)=O)[C@H]2OC(C)=O. The molecule has 5 nitrogen and oxygen atoms in total. The molecule has 0 spiro atoms. The van der Waals surface area contributed by atoms with Gasteiger partial charge in [-0.25, -0.2) is 0 Å². The van der Waals surface area contributed by atoms with E-state index in [1.807, 2.05) is 6.07 Å². The number of carbonyl (C=O) groups excluding carboxylic acids is 2. The van der Waals surface area contributed by atoms with E-state index in [1.165, 1.54) is 13.8 Å². The van der Waals surface area contributed by atoms with Crippen molar-refractivity contribution in [3.05, 3.63) is 29.3 Å². The lowest BCUT2D eigenvalue weighted by Crippen LogP contribution is -2.31. The summed E-state index contributed by atoms with van der Waals surface area (Å²) < 4.78 is 15.5. The summed E-state index contributed by atoms with van der Waals surface area (Å²) in [6.45, 7) is 2.64. The monoisotopic (exact) mass is 250 g/mol. The molecule has 0 saturated heterocycles. The number of methoxy groups -OCH3 is 1. The van der Waals surface area contributed by atoms with Gasteiger partial charge in [0.25, 0.3) is 0 Å². The number of carbonyl (C=O) groups is 2. The van der Waals surface area contributed by atoms with E-state index >= 15 is 0 Å². The zero-order chi connectivity index (χ0) is 13.3. The van der Waals surface area contributed by atoms with Gasteiger partial charge in [-0.2, -0.15) is 0 Å². The molecule has 0 saturated carbocycles. The lowest BCUT2D eigenvalue weighted by Gasteiger charge is -2.38. The fourth-order valence-electron chi connectivity index (χ4n) is 2.11. The molecule has 0 unspecified atom stereocenters. The summed E-state index contributed by atoms with van der Waals surface area (Å²) in [7, 11) is 1.54. The molecule has 0 bridgehead atoms. The molecule has 0 radical (unpaired) electrons. The Kier molecular flexibility index (Phi) is 3.23. The van der Waals surface area contributed by atoms with E-state index in [1.54, 1.807) is 19.2 Å². The van der Waals surface area contributed by atoms with E-state index in [0.717, 1.165) is 11.1 Å². The molecule has 5 heteroatoms. The third-order valence-corrected chi connectivity index (χ3v) is 2.77. The zero-order valence-electron chi connectivity index (χ0n) is 10.4. The molecule has 1 aromatic carbocycles. The smallest absolute Gasteiger partial charge is 0.303 e. The maximum atomic E-state index is 11.1. The Morgan fingerprint density at radius 3 is 2.22 bits per heavy atom. The van der Waals surface area contributed by atoms with Crippen LogP contribution < -0.4 is 4.74 Å². The van der Waals surface area contributed by atoms with Crippen molar-refractivity contribution in [1.29, 1.82) is 0 Å². The van der Waals surface area contributed by atoms with Gasteiger partial charge in [0, 0.05) is 25.0 Å². The molecule has 0 N–H and O–H groups in total. The minimum Gasteiger partial charge on any atom is -0.496 e. The van der Waals surface area contributed by atoms with Gasteiger partial charge in [0.2, 0.25) is 0 Å². The first kappa shape index (κ1) is 12.4. The maximum Gasteiger partial charge on any atom is 0.303 e. The average Bonchev–Trinajstić information content (AvgIpc) is 2.32. The Morgan fingerprint density at radius 2 is 1.67 bits per heavy atom. The van der Waals surface area contributed by atoms with E-state index < -0.39 is 24.1 Å². The fourth-order valence-corrected chi connectivity index (χ4v) is 2.11. The van der Waals surface area contributed by atoms with Crippen LogP contribution in [0, 0.1) is 0 Å². The fraction of sp³-hybridized carbons (Fsp3) is 0.385. The minimum atomic E-state index is -0.586. The molecule has 0 aromatic heterocycles. The van der Waals surface area contributed by atoms with Crippen LogP contribution in [0.2, 0.25) is 0 Å². The van der Waals surface area contributed by atoms with Gasteiger partial charge in [-0.15, -0.1) is 0 Å². The molecule has 0 amide bonds. The van der Waals surface area contributed by atoms with Crippen LogP contribution >= 0.6 is 0 Å². The largest absolute Gasteiger partial charge is 0.496 e. The van der Waals surface area contributed by atoms with Gasteiger partial charge in [-0.1, -0.05) is 12.1 Å². The van der Waals surface area contributed by atoms with Crippen molar-refractivity contribution in [3.63, 3.8) is 0 Å². The van der Waals surface area contributed by atoms with Crippen molar-refractivity contribution in [1.82, 2.24) is 0 Å². The molecule has 96 valence electrons. The molecule has 1 aromatic rings. The van der Waals surface area contributed by atoms with Gasteiger partial charge in [0.05, 0.1) is 7.11 Å². The van der Waals surface area contributed by atoms with E-state index in [4.69, 9.17) is 14.2 Å². The van der Waals surface area contributed by atoms with Gasteiger partial charge < -0.3 is 14.2 Å². The van der Waals surface area contributed by atoms with Crippen LogP contribution in [0.3, 0.4) is 0 Å². The second-order valence-corrected chi connectivity index (χ2v) is 4.02. The summed E-state index contributed by atoms with van der Waals surface area (Å²) in [5.41, 5.74) is 1.58. The van der Waals surface area contributed by atoms with Gasteiger partial charge in [-0.3, -0.25) is 9.59 Å². The summed E-state index contributed by atoms with van der Waals surface area (Å²) in [6, 6.07) is 5.41. The van der Waals surface area contributed by atoms with Crippen molar-refractivity contribution < 1.29 is 23.8 Å². The number of benzene rings is 1. The molecule has 1 aliphatic carbocycles. The highest BCUT2D eigenvalue weighted by molar-refractivity contribution is 5.69. The Labute approximate surface area is 105 Å².